The van der Waals surface area contributed by atoms with Gasteiger partial charge in [0.2, 0.25) is 29.5 Å². The highest BCUT2D eigenvalue weighted by molar-refractivity contribution is 5.94. The zero-order chi connectivity index (χ0) is 25.0. The fraction of sp³-hybridized carbons (Fsp3) is 0.500. The summed E-state index contributed by atoms with van der Waals surface area (Å²) in [5.41, 5.74) is 15.9. The average molecular weight is 468 g/mol. The molecule has 182 valence electrons. The number of carbonyl (C=O) groups excluding carboxylic acids is 5. The lowest BCUT2D eigenvalue weighted by Gasteiger charge is -2.24. The number of nitrogens with two attached hydrogens (primary N) is 3. The molecule has 3 atom stereocenters. The third kappa shape index (κ3) is 10.2. The summed E-state index contributed by atoms with van der Waals surface area (Å²) in [6.07, 6.45) is 1.66. The van der Waals surface area contributed by atoms with Crippen LogP contribution in [0.4, 0.5) is 0 Å². The van der Waals surface area contributed by atoms with E-state index in [1.165, 1.54) is 12.5 Å². The van der Waals surface area contributed by atoms with Crippen LogP contribution in [-0.4, -0.2) is 75.2 Å². The summed E-state index contributed by atoms with van der Waals surface area (Å²) in [6, 6.07) is -3.98. The molecular formula is C18H28N8O7. The highest BCUT2D eigenvalue weighted by atomic mass is 16.4. The predicted octanol–water partition coefficient (Wildman–Crippen LogP) is -4.02. The van der Waals surface area contributed by atoms with Gasteiger partial charge in [-0.1, -0.05) is 0 Å². The summed E-state index contributed by atoms with van der Waals surface area (Å²) >= 11 is 0. The van der Waals surface area contributed by atoms with Crippen molar-refractivity contribution in [3.8, 4) is 0 Å². The van der Waals surface area contributed by atoms with E-state index < -0.39 is 60.2 Å². The first-order chi connectivity index (χ1) is 15.5. The molecule has 1 heterocycles. The summed E-state index contributed by atoms with van der Waals surface area (Å²) in [5.74, 6) is -5.26. The van der Waals surface area contributed by atoms with Crippen LogP contribution < -0.4 is 33.2 Å². The zero-order valence-corrected chi connectivity index (χ0v) is 17.7. The first-order valence-electron chi connectivity index (χ1n) is 9.90. The fourth-order valence-corrected chi connectivity index (χ4v) is 2.73. The highest BCUT2D eigenvalue weighted by Gasteiger charge is 2.30. The minimum absolute atomic E-state index is 0.120. The van der Waals surface area contributed by atoms with E-state index in [0.717, 1.165) is 0 Å². The molecule has 11 N–H and O–H groups in total. The molecule has 0 aliphatic rings. The number of aromatic nitrogens is 2. The largest absolute Gasteiger partial charge is 0.480 e. The Morgan fingerprint density at radius 1 is 0.909 bits per heavy atom. The van der Waals surface area contributed by atoms with E-state index in [9.17, 15) is 33.9 Å². The van der Waals surface area contributed by atoms with Gasteiger partial charge in [-0.25, -0.2) is 9.78 Å². The molecule has 1 rings (SSSR count). The van der Waals surface area contributed by atoms with Gasteiger partial charge < -0.3 is 43.2 Å². The van der Waals surface area contributed by atoms with Crippen molar-refractivity contribution in [1.82, 2.24) is 25.9 Å². The molecule has 0 spiro atoms. The minimum atomic E-state index is -1.37. The van der Waals surface area contributed by atoms with Crippen molar-refractivity contribution in [1.29, 1.82) is 0 Å². The van der Waals surface area contributed by atoms with Gasteiger partial charge in [0, 0.05) is 31.2 Å². The summed E-state index contributed by atoms with van der Waals surface area (Å²) in [5, 5.41) is 16.4. The second-order valence-electron chi connectivity index (χ2n) is 7.08. The molecule has 15 nitrogen and oxygen atoms in total. The van der Waals surface area contributed by atoms with Crippen LogP contribution in [0.1, 0.15) is 31.4 Å². The van der Waals surface area contributed by atoms with E-state index in [4.69, 9.17) is 17.2 Å². The highest BCUT2D eigenvalue weighted by Crippen LogP contribution is 2.05. The van der Waals surface area contributed by atoms with Crippen molar-refractivity contribution in [2.75, 3.05) is 6.54 Å². The number of carboxylic acid groups (broad SMARTS) is 1. The Morgan fingerprint density at radius 2 is 1.42 bits per heavy atom. The number of imidazole rings is 1. The molecule has 0 fully saturated rings. The van der Waals surface area contributed by atoms with Crippen LogP contribution in [0.25, 0.3) is 0 Å². The third-order valence-electron chi connectivity index (χ3n) is 4.42. The maximum absolute atomic E-state index is 12.8. The van der Waals surface area contributed by atoms with Gasteiger partial charge in [-0.05, 0) is 12.8 Å². The number of hydrogen-bond donors (Lipinski definition) is 8. The van der Waals surface area contributed by atoms with Gasteiger partial charge >= 0.3 is 5.97 Å². The number of nitrogens with zero attached hydrogens (tertiary/aromatic N) is 1. The number of nitrogens with one attached hydrogen (secondary N) is 4. The van der Waals surface area contributed by atoms with E-state index in [2.05, 4.69) is 25.9 Å². The Hall–Kier alpha value is -4.01. The molecule has 3 unspecified atom stereocenters. The van der Waals surface area contributed by atoms with Crippen molar-refractivity contribution in [2.24, 2.45) is 17.2 Å². The van der Waals surface area contributed by atoms with Gasteiger partial charge in [-0.3, -0.25) is 24.0 Å². The van der Waals surface area contributed by atoms with Crippen molar-refractivity contribution in [3.05, 3.63) is 18.2 Å². The Bertz CT molecular complexity index is 858. The molecular weight excluding hydrogens is 440 g/mol. The molecule has 0 saturated heterocycles. The number of carboxylic acids is 1. The molecule has 0 aromatic carbocycles. The van der Waals surface area contributed by atoms with Gasteiger partial charge in [0.1, 0.15) is 18.1 Å². The topological polar surface area (TPSA) is 265 Å². The Kier molecular flexibility index (Phi) is 11.0. The van der Waals surface area contributed by atoms with Crippen LogP contribution in [0.3, 0.4) is 0 Å². The van der Waals surface area contributed by atoms with Crippen LogP contribution in [0.15, 0.2) is 12.5 Å². The second-order valence-corrected chi connectivity index (χ2v) is 7.08. The lowest BCUT2D eigenvalue weighted by atomic mass is 10.1. The van der Waals surface area contributed by atoms with E-state index in [0.29, 0.717) is 5.69 Å². The summed E-state index contributed by atoms with van der Waals surface area (Å²) in [7, 11) is 0. The Balaban J connectivity index is 2.97. The number of aromatic amines is 1. The number of primary amides is 2. The quantitative estimate of drug-likeness (QED) is 0.124. The molecule has 1 aromatic rings. The van der Waals surface area contributed by atoms with Crippen LogP contribution in [0, 0.1) is 0 Å². The summed E-state index contributed by atoms with van der Waals surface area (Å²) in [4.78, 5) is 77.4. The normalized spacial score (nSPS) is 13.2. The first kappa shape index (κ1) is 27.0. The van der Waals surface area contributed by atoms with Crippen LogP contribution in [-0.2, 0) is 35.2 Å². The van der Waals surface area contributed by atoms with Crippen LogP contribution in [0.5, 0.6) is 0 Å². The Labute approximate surface area is 188 Å². The van der Waals surface area contributed by atoms with Crippen LogP contribution in [0.2, 0.25) is 0 Å². The minimum Gasteiger partial charge on any atom is -0.480 e. The maximum atomic E-state index is 12.8. The molecule has 0 saturated carbocycles. The number of amides is 5. The zero-order valence-electron chi connectivity index (χ0n) is 17.7. The van der Waals surface area contributed by atoms with E-state index >= 15 is 0 Å². The number of H-pyrrole nitrogens is 1. The number of aliphatic carboxylic acids is 1. The van der Waals surface area contributed by atoms with Crippen molar-refractivity contribution in [2.45, 2.75) is 50.2 Å². The summed E-state index contributed by atoms with van der Waals surface area (Å²) in [6.45, 7) is -0.431. The maximum Gasteiger partial charge on any atom is 0.326 e. The fourth-order valence-electron chi connectivity index (χ4n) is 2.73. The molecule has 5 amide bonds. The van der Waals surface area contributed by atoms with Gasteiger partial charge in [0.25, 0.3) is 0 Å². The summed E-state index contributed by atoms with van der Waals surface area (Å²) < 4.78 is 0. The molecule has 33 heavy (non-hydrogen) atoms. The molecule has 0 aliphatic carbocycles. The van der Waals surface area contributed by atoms with E-state index in [1.54, 1.807) is 0 Å². The second kappa shape index (κ2) is 13.4. The lowest BCUT2D eigenvalue weighted by molar-refractivity contribution is -0.142. The third-order valence-corrected chi connectivity index (χ3v) is 4.42. The number of hydrogen-bond acceptors (Lipinski definition) is 8. The van der Waals surface area contributed by atoms with E-state index in [1.807, 2.05) is 0 Å². The average Bonchev–Trinajstić information content (AvgIpc) is 3.25. The van der Waals surface area contributed by atoms with Crippen molar-refractivity contribution < 1.29 is 33.9 Å². The standard InChI is InChI=1S/C18H28N8O7/c19-6-15(29)24-10(1-3-13(20)27)16(30)25-11(2-4-14(21)28)17(31)26-12(18(32)33)5-9-7-22-8-23-9/h7-8,10-12H,1-6,19H2,(H2,20,27)(H2,21,28)(H,22,23)(H,24,29)(H,25,30)(H,26,31)(H,32,33). The van der Waals surface area contributed by atoms with E-state index in [-0.39, 0.29) is 32.1 Å². The van der Waals surface area contributed by atoms with Crippen LogP contribution >= 0.6 is 0 Å². The molecule has 0 bridgehead atoms. The predicted molar refractivity (Wildman–Crippen MR) is 112 cm³/mol. The molecule has 0 aliphatic heterocycles. The van der Waals surface area contributed by atoms with Gasteiger partial charge in [-0.15, -0.1) is 0 Å². The van der Waals surface area contributed by atoms with Crippen molar-refractivity contribution in [3.63, 3.8) is 0 Å². The van der Waals surface area contributed by atoms with Gasteiger partial charge in [-0.2, -0.15) is 0 Å². The Morgan fingerprint density at radius 3 is 1.85 bits per heavy atom. The lowest BCUT2D eigenvalue weighted by Crippen LogP contribution is -2.56. The number of rotatable bonds is 15. The van der Waals surface area contributed by atoms with Gasteiger partial charge in [0.05, 0.1) is 12.9 Å². The van der Waals surface area contributed by atoms with Gasteiger partial charge in [0.15, 0.2) is 0 Å². The molecule has 0 radical (unpaired) electrons. The first-order valence-corrected chi connectivity index (χ1v) is 9.90. The SMILES string of the molecule is NCC(=O)NC(CCC(N)=O)C(=O)NC(CCC(N)=O)C(=O)NC(Cc1cnc[nH]1)C(=O)O. The monoisotopic (exact) mass is 468 g/mol. The van der Waals surface area contributed by atoms with Crippen molar-refractivity contribution >= 4 is 35.5 Å². The molecule has 1 aromatic heterocycles. The smallest absolute Gasteiger partial charge is 0.326 e. The number of carbonyl (C=O) groups is 6. The molecule has 15 heteroatoms.